The van der Waals surface area contributed by atoms with Crippen LogP contribution in [-0.4, -0.2) is 16.8 Å². The van der Waals surface area contributed by atoms with Gasteiger partial charge in [0.05, 0.1) is 5.69 Å². The molecule has 0 spiro atoms. The van der Waals surface area contributed by atoms with Crippen molar-refractivity contribution in [3.63, 3.8) is 0 Å². The molecule has 1 aliphatic rings. The van der Waals surface area contributed by atoms with Gasteiger partial charge in [0, 0.05) is 17.1 Å². The predicted molar refractivity (Wildman–Crippen MR) is 65.4 cm³/mol. The number of anilines is 1. The van der Waals surface area contributed by atoms with E-state index >= 15 is 0 Å². The molecule has 16 heavy (non-hydrogen) atoms. The highest BCUT2D eigenvalue weighted by molar-refractivity contribution is 9.10. The van der Waals surface area contributed by atoms with Crippen molar-refractivity contribution in [2.75, 3.05) is 5.01 Å². The Kier molecular flexibility index (Phi) is 3.05. The summed E-state index contributed by atoms with van der Waals surface area (Å²) in [4.78, 5) is 10.8. The number of carboxylic acids is 1. The highest BCUT2D eigenvalue weighted by atomic mass is 79.9. The number of rotatable bonds is 2. The van der Waals surface area contributed by atoms with E-state index in [0.717, 1.165) is 10.2 Å². The third kappa shape index (κ3) is 2.30. The molecule has 0 aromatic heterocycles. The summed E-state index contributed by atoms with van der Waals surface area (Å²) in [5.41, 5.74) is 0.964. The second-order valence-corrected chi connectivity index (χ2v) is 4.18. The number of carboxylic acid groups (broad SMARTS) is 1. The van der Waals surface area contributed by atoms with Crippen LogP contribution in [-0.2, 0) is 4.79 Å². The largest absolute Gasteiger partial charge is 0.477 e. The molecule has 0 fully saturated rings. The van der Waals surface area contributed by atoms with E-state index in [-0.39, 0.29) is 5.71 Å². The topological polar surface area (TPSA) is 52.9 Å². The highest BCUT2D eigenvalue weighted by Crippen LogP contribution is 2.22. The fraction of sp³-hybridized carbons (Fsp3) is 0.0909. The molecule has 2 rings (SSSR count). The third-order valence-corrected chi connectivity index (χ3v) is 2.60. The Hall–Kier alpha value is -1.62. The van der Waals surface area contributed by atoms with E-state index in [4.69, 9.17) is 5.11 Å². The van der Waals surface area contributed by atoms with Gasteiger partial charge in [0.1, 0.15) is 5.71 Å². The van der Waals surface area contributed by atoms with Crippen molar-refractivity contribution in [2.45, 2.75) is 6.42 Å². The molecule has 0 saturated heterocycles. The molecule has 5 heteroatoms. The van der Waals surface area contributed by atoms with Crippen LogP contribution in [0.25, 0.3) is 0 Å². The molecular formula is C11H9BrN2O2. The SMILES string of the molecule is O=C(O)C1=NN(c2cccc(Br)c2)C=CC1. The number of hydrogen-bond donors (Lipinski definition) is 1. The van der Waals surface area contributed by atoms with Gasteiger partial charge in [-0.1, -0.05) is 28.1 Å². The third-order valence-electron chi connectivity index (χ3n) is 2.11. The number of benzene rings is 1. The van der Waals surface area contributed by atoms with Crippen molar-refractivity contribution >= 4 is 33.3 Å². The number of carbonyl (C=O) groups is 1. The molecular weight excluding hydrogens is 272 g/mol. The van der Waals surface area contributed by atoms with Crippen LogP contribution in [0.4, 0.5) is 5.69 Å². The number of hydrogen-bond acceptors (Lipinski definition) is 3. The molecule has 0 radical (unpaired) electrons. The summed E-state index contributed by atoms with van der Waals surface area (Å²) >= 11 is 3.36. The van der Waals surface area contributed by atoms with Gasteiger partial charge in [0.25, 0.3) is 0 Å². The maximum Gasteiger partial charge on any atom is 0.352 e. The van der Waals surface area contributed by atoms with Crippen LogP contribution in [0.15, 0.2) is 46.1 Å². The zero-order valence-corrected chi connectivity index (χ0v) is 9.89. The van der Waals surface area contributed by atoms with Crippen LogP contribution in [0.2, 0.25) is 0 Å². The molecule has 0 atom stereocenters. The van der Waals surface area contributed by atoms with E-state index in [1.807, 2.05) is 24.3 Å². The zero-order valence-electron chi connectivity index (χ0n) is 8.30. The number of allylic oxidation sites excluding steroid dienone is 1. The number of hydrazone groups is 1. The Labute approximate surface area is 101 Å². The van der Waals surface area contributed by atoms with Crippen LogP contribution < -0.4 is 5.01 Å². The number of halogens is 1. The first-order valence-electron chi connectivity index (χ1n) is 4.69. The summed E-state index contributed by atoms with van der Waals surface area (Å²) in [6, 6.07) is 7.51. The molecule has 1 aromatic carbocycles. The Morgan fingerprint density at radius 2 is 2.31 bits per heavy atom. The average molecular weight is 281 g/mol. The summed E-state index contributed by atoms with van der Waals surface area (Å²) in [6.45, 7) is 0. The van der Waals surface area contributed by atoms with Crippen LogP contribution >= 0.6 is 15.9 Å². The molecule has 0 saturated carbocycles. The second-order valence-electron chi connectivity index (χ2n) is 3.27. The number of nitrogens with zero attached hydrogens (tertiary/aromatic N) is 2. The van der Waals surface area contributed by atoms with Gasteiger partial charge in [-0.2, -0.15) is 5.10 Å². The quantitative estimate of drug-likeness (QED) is 0.906. The van der Waals surface area contributed by atoms with E-state index < -0.39 is 5.97 Å². The Bertz CT molecular complexity index is 483. The molecule has 1 aliphatic heterocycles. The maximum absolute atomic E-state index is 10.8. The van der Waals surface area contributed by atoms with Crippen molar-refractivity contribution in [2.24, 2.45) is 5.10 Å². The van der Waals surface area contributed by atoms with Crippen LogP contribution in [0.5, 0.6) is 0 Å². The van der Waals surface area contributed by atoms with Gasteiger partial charge in [0.2, 0.25) is 0 Å². The molecule has 4 nitrogen and oxygen atoms in total. The molecule has 0 amide bonds. The van der Waals surface area contributed by atoms with Gasteiger partial charge >= 0.3 is 5.97 Å². The van der Waals surface area contributed by atoms with Crippen LogP contribution in [0, 0.1) is 0 Å². The summed E-state index contributed by atoms with van der Waals surface area (Å²) in [6.07, 6.45) is 3.89. The number of aliphatic carboxylic acids is 1. The lowest BCUT2D eigenvalue weighted by Gasteiger charge is -2.18. The van der Waals surface area contributed by atoms with Gasteiger partial charge in [-0.05, 0) is 18.2 Å². The molecule has 1 aromatic rings. The summed E-state index contributed by atoms with van der Waals surface area (Å²) in [5, 5.41) is 14.4. The highest BCUT2D eigenvalue weighted by Gasteiger charge is 2.14. The lowest BCUT2D eigenvalue weighted by atomic mass is 10.2. The molecule has 0 aliphatic carbocycles. The van der Waals surface area contributed by atoms with Crippen molar-refractivity contribution in [1.29, 1.82) is 0 Å². The minimum atomic E-state index is -0.982. The minimum Gasteiger partial charge on any atom is -0.477 e. The fourth-order valence-corrected chi connectivity index (χ4v) is 1.75. The standard InChI is InChI=1S/C11H9BrN2O2/c12-8-3-1-4-9(7-8)14-6-2-5-10(13-14)11(15)16/h1-4,6-7H,5H2,(H,15,16). The molecule has 1 N–H and O–H groups in total. The van der Waals surface area contributed by atoms with Gasteiger partial charge in [0.15, 0.2) is 0 Å². The van der Waals surface area contributed by atoms with Gasteiger partial charge < -0.3 is 5.11 Å². The van der Waals surface area contributed by atoms with Gasteiger partial charge in [-0.15, -0.1) is 0 Å². The summed E-state index contributed by atoms with van der Waals surface area (Å²) < 4.78 is 0.927. The smallest absolute Gasteiger partial charge is 0.352 e. The predicted octanol–water partition coefficient (Wildman–Crippen LogP) is 2.61. The fourth-order valence-electron chi connectivity index (χ4n) is 1.36. The van der Waals surface area contributed by atoms with Crippen LogP contribution in [0.3, 0.4) is 0 Å². The first-order chi connectivity index (χ1) is 7.66. The van der Waals surface area contributed by atoms with Crippen LogP contribution in [0.1, 0.15) is 6.42 Å². The van der Waals surface area contributed by atoms with E-state index in [2.05, 4.69) is 21.0 Å². The van der Waals surface area contributed by atoms with E-state index in [1.165, 1.54) is 0 Å². The first-order valence-corrected chi connectivity index (χ1v) is 5.48. The lowest BCUT2D eigenvalue weighted by Crippen LogP contribution is -2.22. The second kappa shape index (κ2) is 4.49. The Morgan fingerprint density at radius 3 is 3.00 bits per heavy atom. The van der Waals surface area contributed by atoms with E-state index in [9.17, 15) is 4.79 Å². The van der Waals surface area contributed by atoms with Gasteiger partial charge in [-0.25, -0.2) is 9.80 Å². The van der Waals surface area contributed by atoms with Gasteiger partial charge in [-0.3, -0.25) is 0 Å². The zero-order chi connectivity index (χ0) is 11.5. The van der Waals surface area contributed by atoms with Crippen molar-refractivity contribution in [3.05, 3.63) is 41.0 Å². The lowest BCUT2D eigenvalue weighted by molar-refractivity contribution is -0.129. The Morgan fingerprint density at radius 1 is 1.50 bits per heavy atom. The Balaban J connectivity index is 2.31. The minimum absolute atomic E-state index is 0.141. The molecule has 0 bridgehead atoms. The van der Waals surface area contributed by atoms with Crippen molar-refractivity contribution < 1.29 is 9.90 Å². The van der Waals surface area contributed by atoms with Crippen molar-refractivity contribution in [3.8, 4) is 0 Å². The van der Waals surface area contributed by atoms with Crippen molar-refractivity contribution in [1.82, 2.24) is 0 Å². The molecule has 1 heterocycles. The molecule has 0 unspecified atom stereocenters. The average Bonchev–Trinajstić information content (AvgIpc) is 2.29. The molecule has 82 valence electrons. The maximum atomic E-state index is 10.8. The normalized spacial score (nSPS) is 14.8. The first kappa shape index (κ1) is 10.9. The summed E-state index contributed by atoms with van der Waals surface area (Å²) in [7, 11) is 0. The van der Waals surface area contributed by atoms with E-state index in [1.54, 1.807) is 17.3 Å². The summed E-state index contributed by atoms with van der Waals surface area (Å²) in [5.74, 6) is -0.982. The monoisotopic (exact) mass is 280 g/mol. The van der Waals surface area contributed by atoms with E-state index in [0.29, 0.717) is 6.42 Å².